The average Bonchev–Trinajstić information content (AvgIpc) is 3.37. The number of amides is 1. The van der Waals surface area contributed by atoms with Gasteiger partial charge in [0.2, 0.25) is 0 Å². The molecule has 0 saturated carbocycles. The molecule has 0 radical (unpaired) electrons. The van der Waals surface area contributed by atoms with Crippen LogP contribution < -0.4 is 4.90 Å². The third-order valence-electron chi connectivity index (χ3n) is 6.95. The van der Waals surface area contributed by atoms with E-state index in [1.54, 1.807) is 0 Å². The fraction of sp³-hybridized carbons (Fsp3) is 0.333. The standard InChI is InChI=1S/C27H27BrN6O2/c28-21-6-4-5-20(17-21)27(35)33-13-11-32(12-14-33)25-23-18-29-34(22-7-2-1-3-8-22)26(23)31-24(30-25)19-9-15-36-16-10-19/h1-8,17-19H,9-16H2. The zero-order chi connectivity index (χ0) is 24.5. The number of nitrogens with zero attached hydrogens (tertiary/aromatic N) is 6. The van der Waals surface area contributed by atoms with Gasteiger partial charge in [-0.3, -0.25) is 4.79 Å². The number of aromatic nitrogens is 4. The Bertz CT molecular complexity index is 1380. The van der Waals surface area contributed by atoms with Crippen molar-refractivity contribution in [1.82, 2.24) is 24.6 Å². The summed E-state index contributed by atoms with van der Waals surface area (Å²) >= 11 is 3.47. The Balaban J connectivity index is 1.32. The molecule has 0 aliphatic carbocycles. The van der Waals surface area contributed by atoms with Crippen molar-refractivity contribution in [2.75, 3.05) is 44.3 Å². The fourth-order valence-corrected chi connectivity index (χ4v) is 5.37. The third kappa shape index (κ3) is 4.49. The second-order valence-corrected chi connectivity index (χ2v) is 10.1. The van der Waals surface area contributed by atoms with E-state index < -0.39 is 0 Å². The summed E-state index contributed by atoms with van der Waals surface area (Å²) in [4.78, 5) is 27.4. The van der Waals surface area contributed by atoms with Crippen molar-refractivity contribution in [1.29, 1.82) is 0 Å². The molecule has 0 N–H and O–H groups in total. The molecule has 2 aromatic heterocycles. The molecule has 0 unspecified atom stereocenters. The third-order valence-corrected chi connectivity index (χ3v) is 7.44. The molecular formula is C27H27BrN6O2. The lowest BCUT2D eigenvalue weighted by molar-refractivity contribution is 0.0746. The van der Waals surface area contributed by atoms with Gasteiger partial charge < -0.3 is 14.5 Å². The molecule has 6 rings (SSSR count). The van der Waals surface area contributed by atoms with Gasteiger partial charge in [-0.1, -0.05) is 40.2 Å². The molecule has 0 atom stereocenters. The summed E-state index contributed by atoms with van der Waals surface area (Å²) in [6, 6.07) is 17.7. The first kappa shape index (κ1) is 23.1. The summed E-state index contributed by atoms with van der Waals surface area (Å²) in [5, 5.41) is 5.62. The Labute approximate surface area is 218 Å². The van der Waals surface area contributed by atoms with Crippen molar-refractivity contribution in [2.24, 2.45) is 0 Å². The highest BCUT2D eigenvalue weighted by molar-refractivity contribution is 9.10. The van der Waals surface area contributed by atoms with Crippen molar-refractivity contribution in [3.05, 3.63) is 76.7 Å². The maximum absolute atomic E-state index is 13.1. The summed E-state index contributed by atoms with van der Waals surface area (Å²) in [7, 11) is 0. The number of ether oxygens (including phenoxy) is 1. The van der Waals surface area contributed by atoms with Crippen LogP contribution in [0.15, 0.2) is 65.3 Å². The van der Waals surface area contributed by atoms with Crippen molar-refractivity contribution in [3.63, 3.8) is 0 Å². The average molecular weight is 547 g/mol. The van der Waals surface area contributed by atoms with E-state index in [0.29, 0.717) is 31.7 Å². The Hall–Kier alpha value is -3.30. The number of carbonyl (C=O) groups excluding carboxylic acids is 1. The van der Waals surface area contributed by atoms with Crippen LogP contribution in [0, 0.1) is 0 Å². The van der Waals surface area contributed by atoms with Gasteiger partial charge in [-0.15, -0.1) is 0 Å². The zero-order valence-corrected chi connectivity index (χ0v) is 21.5. The number of hydrogen-bond acceptors (Lipinski definition) is 6. The van der Waals surface area contributed by atoms with Crippen LogP contribution in [-0.2, 0) is 4.74 Å². The van der Waals surface area contributed by atoms with Crippen LogP contribution in [0.5, 0.6) is 0 Å². The number of para-hydroxylation sites is 1. The monoisotopic (exact) mass is 546 g/mol. The first-order valence-electron chi connectivity index (χ1n) is 12.4. The number of hydrogen-bond donors (Lipinski definition) is 0. The summed E-state index contributed by atoms with van der Waals surface area (Å²) in [5.41, 5.74) is 2.49. The number of carbonyl (C=O) groups is 1. The van der Waals surface area contributed by atoms with E-state index in [-0.39, 0.29) is 11.8 Å². The molecule has 8 nitrogen and oxygen atoms in total. The number of rotatable bonds is 4. The highest BCUT2D eigenvalue weighted by atomic mass is 79.9. The van der Waals surface area contributed by atoms with Crippen molar-refractivity contribution < 1.29 is 9.53 Å². The van der Waals surface area contributed by atoms with Crippen LogP contribution in [0.25, 0.3) is 16.7 Å². The van der Waals surface area contributed by atoms with E-state index in [9.17, 15) is 4.79 Å². The van der Waals surface area contributed by atoms with E-state index in [4.69, 9.17) is 19.8 Å². The molecule has 1 amide bonds. The maximum Gasteiger partial charge on any atom is 0.254 e. The van der Waals surface area contributed by atoms with E-state index in [0.717, 1.165) is 58.9 Å². The second-order valence-electron chi connectivity index (χ2n) is 9.21. The Morgan fingerprint density at radius 3 is 2.47 bits per heavy atom. The highest BCUT2D eigenvalue weighted by Crippen LogP contribution is 2.32. The Morgan fingerprint density at radius 1 is 0.944 bits per heavy atom. The van der Waals surface area contributed by atoms with Crippen molar-refractivity contribution in [3.8, 4) is 5.69 Å². The van der Waals surface area contributed by atoms with Gasteiger partial charge in [0.1, 0.15) is 11.6 Å². The lowest BCUT2D eigenvalue weighted by Gasteiger charge is -2.36. The molecule has 9 heteroatoms. The normalized spacial score (nSPS) is 17.0. The van der Waals surface area contributed by atoms with Gasteiger partial charge in [-0.05, 0) is 43.2 Å². The van der Waals surface area contributed by atoms with Crippen LogP contribution >= 0.6 is 15.9 Å². The van der Waals surface area contributed by atoms with Crippen LogP contribution in [0.1, 0.15) is 34.9 Å². The second kappa shape index (κ2) is 9.99. The SMILES string of the molecule is O=C(c1cccc(Br)c1)N1CCN(c2nc(C3CCOCC3)nc3c2cnn3-c2ccccc2)CC1. The molecular weight excluding hydrogens is 520 g/mol. The van der Waals surface area contributed by atoms with Gasteiger partial charge in [-0.25, -0.2) is 14.6 Å². The molecule has 4 aromatic rings. The van der Waals surface area contributed by atoms with Gasteiger partial charge in [-0.2, -0.15) is 5.10 Å². The van der Waals surface area contributed by atoms with E-state index in [1.165, 1.54) is 0 Å². The smallest absolute Gasteiger partial charge is 0.254 e. The van der Waals surface area contributed by atoms with Crippen molar-refractivity contribution >= 4 is 38.7 Å². The predicted molar refractivity (Wildman–Crippen MR) is 142 cm³/mol. The Kier molecular flexibility index (Phi) is 6.41. The molecule has 36 heavy (non-hydrogen) atoms. The molecule has 184 valence electrons. The molecule has 2 aliphatic rings. The number of piperazine rings is 1. The molecule has 4 heterocycles. The lowest BCUT2D eigenvalue weighted by atomic mass is 9.99. The minimum absolute atomic E-state index is 0.0589. The van der Waals surface area contributed by atoms with E-state index >= 15 is 0 Å². The molecule has 2 saturated heterocycles. The molecule has 2 fully saturated rings. The molecule has 0 bridgehead atoms. The summed E-state index contributed by atoms with van der Waals surface area (Å²) < 4.78 is 8.40. The number of benzene rings is 2. The van der Waals surface area contributed by atoms with Gasteiger partial charge in [0, 0.05) is 55.3 Å². The quantitative estimate of drug-likeness (QED) is 0.376. The first-order valence-corrected chi connectivity index (χ1v) is 13.2. The van der Waals surface area contributed by atoms with Gasteiger partial charge in [0.15, 0.2) is 5.65 Å². The van der Waals surface area contributed by atoms with Gasteiger partial charge in [0.25, 0.3) is 5.91 Å². The minimum Gasteiger partial charge on any atom is -0.381 e. The summed E-state index contributed by atoms with van der Waals surface area (Å²) in [5.74, 6) is 2.08. The largest absolute Gasteiger partial charge is 0.381 e. The predicted octanol–water partition coefficient (Wildman–Crippen LogP) is 4.43. The minimum atomic E-state index is 0.0589. The maximum atomic E-state index is 13.1. The van der Waals surface area contributed by atoms with Crippen molar-refractivity contribution in [2.45, 2.75) is 18.8 Å². The fourth-order valence-electron chi connectivity index (χ4n) is 4.97. The lowest BCUT2D eigenvalue weighted by Crippen LogP contribution is -2.49. The Morgan fingerprint density at radius 2 is 1.72 bits per heavy atom. The first-order chi connectivity index (χ1) is 17.7. The number of fused-ring (bicyclic) bond motifs is 1. The van der Waals surface area contributed by atoms with Crippen LogP contribution in [0.2, 0.25) is 0 Å². The summed E-state index contributed by atoms with van der Waals surface area (Å²) in [6.45, 7) is 4.14. The van der Waals surface area contributed by atoms with Crippen LogP contribution in [-0.4, -0.2) is 69.9 Å². The topological polar surface area (TPSA) is 76.4 Å². The van der Waals surface area contributed by atoms with Gasteiger partial charge in [0.05, 0.1) is 17.3 Å². The molecule has 2 aromatic carbocycles. The van der Waals surface area contributed by atoms with Crippen LogP contribution in [0.3, 0.4) is 0 Å². The number of anilines is 1. The zero-order valence-electron chi connectivity index (χ0n) is 19.9. The number of halogens is 1. The highest BCUT2D eigenvalue weighted by Gasteiger charge is 2.28. The van der Waals surface area contributed by atoms with Crippen LogP contribution in [0.4, 0.5) is 5.82 Å². The van der Waals surface area contributed by atoms with Gasteiger partial charge >= 0.3 is 0 Å². The van der Waals surface area contributed by atoms with E-state index in [1.807, 2.05) is 70.4 Å². The van der Waals surface area contributed by atoms with E-state index in [2.05, 4.69) is 20.8 Å². The molecule has 2 aliphatic heterocycles. The molecule has 0 spiro atoms. The summed E-state index contributed by atoms with van der Waals surface area (Å²) in [6.07, 6.45) is 3.70.